The zero-order valence-corrected chi connectivity index (χ0v) is 65.2. The molecule has 0 fully saturated rings. The van der Waals surface area contributed by atoms with Gasteiger partial charge in [0.2, 0.25) is 0 Å². The fourth-order valence-electron chi connectivity index (χ4n) is 20.1. The molecule has 0 unspecified atom stereocenters. The molecule has 9 nitrogen and oxygen atoms in total. The number of rotatable bonds is 12. The first-order valence-corrected chi connectivity index (χ1v) is 40.7. The second kappa shape index (κ2) is 26.6. The molecule has 0 saturated heterocycles. The summed E-state index contributed by atoms with van der Waals surface area (Å²) < 4.78 is 17.5. The van der Waals surface area contributed by atoms with Crippen molar-refractivity contribution in [2.24, 2.45) is 0 Å². The smallest absolute Gasteiger partial charge is 0.0992 e. The Hall–Kier alpha value is -16.5. The lowest BCUT2D eigenvalue weighted by Crippen LogP contribution is -2.18. The van der Waals surface area contributed by atoms with Crippen molar-refractivity contribution in [2.45, 2.75) is 6.92 Å². The molecule has 0 aliphatic heterocycles. The highest BCUT2D eigenvalue weighted by molar-refractivity contribution is 6.21. The molecule has 0 saturated carbocycles. The van der Waals surface area contributed by atoms with E-state index in [-0.39, 0.29) is 0 Å². The molecule has 24 aromatic rings. The van der Waals surface area contributed by atoms with E-state index in [2.05, 4.69) is 422 Å². The Bertz CT molecular complexity index is 8230. The highest BCUT2D eigenvalue weighted by Crippen LogP contribution is 2.56. The van der Waals surface area contributed by atoms with E-state index in [0.717, 1.165) is 215 Å². The second-order valence-corrected chi connectivity index (χ2v) is 31.3. The normalized spacial score (nSPS) is 12.2. The van der Waals surface area contributed by atoms with E-state index in [9.17, 15) is 10.5 Å². The Kier molecular flexibility index (Phi) is 15.0. The van der Waals surface area contributed by atoms with Crippen molar-refractivity contribution in [3.63, 3.8) is 0 Å². The summed E-state index contributed by atoms with van der Waals surface area (Å²) in [5.74, 6) is 0. The van der Waals surface area contributed by atoms with Crippen molar-refractivity contribution < 1.29 is 0 Å². The molecule has 0 aliphatic carbocycles. The fraction of sp³-hybridized carbons (Fsp3) is 0.00901. The zero-order chi connectivity index (χ0) is 79.5. The first-order valence-electron chi connectivity index (χ1n) is 40.7. The molecule has 7 heterocycles. The minimum Gasteiger partial charge on any atom is -0.309 e. The summed E-state index contributed by atoms with van der Waals surface area (Å²) in [5.41, 5.74) is 27.1. The maximum absolute atomic E-state index is 11.6. The summed E-state index contributed by atoms with van der Waals surface area (Å²) in [6, 6.07) is 138. The maximum Gasteiger partial charge on any atom is 0.0992 e. The Morgan fingerprint density at radius 1 is 0.250 bits per heavy atom. The molecule has 9 heteroatoms. The van der Waals surface area contributed by atoms with Gasteiger partial charge in [-0.1, -0.05) is 243 Å². The molecule has 0 amide bonds. The third kappa shape index (κ3) is 9.81. The zero-order valence-electron chi connectivity index (χ0n) is 65.2. The Morgan fingerprint density at radius 2 is 0.500 bits per heavy atom. The van der Waals surface area contributed by atoms with Gasteiger partial charge in [0.15, 0.2) is 0 Å². The number of para-hydroxylation sites is 11. The van der Waals surface area contributed by atoms with Gasteiger partial charge in [0.05, 0.1) is 129 Å². The lowest BCUT2D eigenvalue weighted by molar-refractivity contribution is 1.00. The predicted molar refractivity (Wildman–Crippen MR) is 501 cm³/mol. The van der Waals surface area contributed by atoms with Crippen LogP contribution in [0.25, 0.3) is 226 Å². The van der Waals surface area contributed by atoms with Gasteiger partial charge in [-0.15, -0.1) is 0 Å². The average Bonchev–Trinajstić information content (AvgIpc) is 1.46. The van der Waals surface area contributed by atoms with Crippen LogP contribution in [0.4, 0.5) is 0 Å². The van der Waals surface area contributed by atoms with Crippen LogP contribution in [0.3, 0.4) is 0 Å². The molecule has 0 atom stereocenters. The van der Waals surface area contributed by atoms with Gasteiger partial charge in [-0.25, -0.2) is 0 Å². The van der Waals surface area contributed by atoms with E-state index in [1.807, 2.05) is 18.2 Å². The number of aromatic nitrogens is 7. The molecule has 17 aromatic carbocycles. The van der Waals surface area contributed by atoms with Crippen LogP contribution in [-0.4, -0.2) is 32.0 Å². The van der Waals surface area contributed by atoms with E-state index in [4.69, 9.17) is 0 Å². The molecule has 558 valence electrons. The molecular formula is C111H69N9. The lowest BCUT2D eigenvalue weighted by Gasteiger charge is -2.32. The number of nitriles is 2. The van der Waals surface area contributed by atoms with E-state index < -0.39 is 0 Å². The molecule has 0 spiro atoms. The van der Waals surface area contributed by atoms with E-state index in [1.54, 1.807) is 6.07 Å². The van der Waals surface area contributed by atoms with Crippen LogP contribution in [0, 0.1) is 22.7 Å². The Morgan fingerprint density at radius 3 is 0.842 bits per heavy atom. The van der Waals surface area contributed by atoms with Crippen LogP contribution in [0.15, 0.2) is 395 Å². The van der Waals surface area contributed by atoms with Crippen LogP contribution in [0.1, 0.15) is 18.1 Å². The van der Waals surface area contributed by atoms with E-state index in [1.165, 1.54) is 5.39 Å². The number of benzene rings is 17. The molecule has 7 aromatic heterocycles. The number of hydrogen-bond donors (Lipinski definition) is 0. The standard InChI is InChI=1S/C111H69N9/c1-3-28-76(29-4-2)114-92-42-18-16-40-86(92)88-63-71(52-56-102(88)114)73-54-58-104-90(65-73)91-66-74(72-53-57-103-89(64-72)87-41-17-19-43-93(87)115(103)77-30-6-5-7-31-77)55-59-105(91)120(104)111-109(118-98-48-24-12-36-82(98)83-37-13-25-49-99(83)118)107(116-94-44-20-8-32-78(94)79-33-9-21-45-95(79)116)106(75-61-69(67-112)60-70(62-75)68-113)108(117-96-46-22-10-34-80(96)81-35-11-23-47-97(81)117)110(111)119-100-50-26-14-38-84(100)85-39-15-27-51-101(85)119/h3-66H,1H2,2H3/b29-4-,76-28+. The average molecular weight is 1530 g/mol. The third-order valence-electron chi connectivity index (χ3n) is 25.0. The van der Waals surface area contributed by atoms with Crippen LogP contribution in [-0.2, 0) is 0 Å². The predicted octanol–water partition coefficient (Wildman–Crippen LogP) is 28.7. The lowest BCUT2D eigenvalue weighted by atomic mass is 9.92. The van der Waals surface area contributed by atoms with Gasteiger partial charge in [0, 0.05) is 92.4 Å². The molecule has 0 bridgehead atoms. The fourth-order valence-corrected chi connectivity index (χ4v) is 20.1. The van der Waals surface area contributed by atoms with Crippen molar-refractivity contribution in [1.29, 1.82) is 10.5 Å². The van der Waals surface area contributed by atoms with Gasteiger partial charge in [0.1, 0.15) is 0 Å². The number of nitrogens with zero attached hydrogens (tertiary/aromatic N) is 9. The Labute approximate surface area is 688 Å². The van der Waals surface area contributed by atoms with Gasteiger partial charge in [-0.3, -0.25) is 0 Å². The van der Waals surface area contributed by atoms with Crippen LogP contribution >= 0.6 is 0 Å². The van der Waals surface area contributed by atoms with E-state index in [0.29, 0.717) is 16.7 Å². The van der Waals surface area contributed by atoms with Crippen molar-refractivity contribution >= 4 is 158 Å². The van der Waals surface area contributed by atoms with Gasteiger partial charge in [0.25, 0.3) is 0 Å². The monoisotopic (exact) mass is 1530 g/mol. The quantitative estimate of drug-likeness (QED) is 0.114. The van der Waals surface area contributed by atoms with Crippen LogP contribution in [0.2, 0.25) is 0 Å². The largest absolute Gasteiger partial charge is 0.309 e. The van der Waals surface area contributed by atoms with Crippen molar-refractivity contribution in [3.05, 3.63) is 406 Å². The summed E-state index contributed by atoms with van der Waals surface area (Å²) in [7, 11) is 0. The van der Waals surface area contributed by atoms with Gasteiger partial charge >= 0.3 is 0 Å². The van der Waals surface area contributed by atoms with Crippen LogP contribution < -0.4 is 0 Å². The maximum atomic E-state index is 11.6. The van der Waals surface area contributed by atoms with E-state index >= 15 is 0 Å². The number of fused-ring (bicyclic) bond motifs is 21. The molecule has 120 heavy (non-hydrogen) atoms. The minimum atomic E-state index is 0.356. The van der Waals surface area contributed by atoms with Crippen molar-refractivity contribution in [1.82, 2.24) is 32.0 Å². The summed E-state index contributed by atoms with van der Waals surface area (Å²) in [5, 5.41) is 38.5. The number of allylic oxidation sites excluding steroid dienone is 5. The Balaban J connectivity index is 0.956. The first kappa shape index (κ1) is 68.0. The summed E-state index contributed by atoms with van der Waals surface area (Å²) in [6.45, 7) is 6.23. The van der Waals surface area contributed by atoms with Gasteiger partial charge in [-0.2, -0.15) is 10.5 Å². The van der Waals surface area contributed by atoms with Crippen LogP contribution in [0.5, 0.6) is 0 Å². The molecule has 24 rings (SSSR count). The summed E-state index contributed by atoms with van der Waals surface area (Å²) in [4.78, 5) is 0. The molecule has 0 radical (unpaired) electrons. The highest BCUT2D eigenvalue weighted by Gasteiger charge is 2.38. The SMILES string of the molecule is C=C/C=C(\C=C/C)n1c2ccccc2c2cc(-c3ccc4c(c3)c3cc(-c5ccc6c(c5)c5ccccc5n6-c5ccccc5)ccc3n4-c3c(-n4c5ccccc5c5ccccc54)c(-n4c5ccccc5c5ccccc54)c(-c4cc(C#N)cc(C#N)c4)c(-n4c5ccccc5c5ccccc54)c3-n3c4ccccc4c4ccccc43)ccc21. The van der Waals surface area contributed by atoms with Gasteiger partial charge < -0.3 is 32.0 Å². The second-order valence-electron chi connectivity index (χ2n) is 31.3. The van der Waals surface area contributed by atoms with Crippen molar-refractivity contribution in [3.8, 4) is 79.6 Å². The minimum absolute atomic E-state index is 0.356. The van der Waals surface area contributed by atoms with Gasteiger partial charge in [-0.05, 0) is 186 Å². The summed E-state index contributed by atoms with van der Waals surface area (Å²) in [6.07, 6.45) is 8.20. The number of hydrogen-bond acceptors (Lipinski definition) is 2. The van der Waals surface area contributed by atoms with Crippen molar-refractivity contribution in [2.75, 3.05) is 0 Å². The highest BCUT2D eigenvalue weighted by atomic mass is 15.2. The molecular weight excluding hydrogens is 1460 g/mol. The third-order valence-corrected chi connectivity index (χ3v) is 25.0. The molecule has 0 aliphatic rings. The summed E-state index contributed by atoms with van der Waals surface area (Å²) >= 11 is 0. The molecule has 0 N–H and O–H groups in total. The first-order chi connectivity index (χ1) is 59.4. The topological polar surface area (TPSA) is 82.1 Å².